The predicted molar refractivity (Wildman–Crippen MR) is 81.5 cm³/mol. The molecule has 0 atom stereocenters. The van der Waals surface area contributed by atoms with Crippen molar-refractivity contribution in [1.82, 2.24) is 9.97 Å². The molecule has 2 aromatic heterocycles. The molecular formula is C14H11BrN4. The molecule has 0 amide bonds. The lowest BCUT2D eigenvalue weighted by molar-refractivity contribution is 1.22. The van der Waals surface area contributed by atoms with Crippen LogP contribution in [-0.4, -0.2) is 16.2 Å². The number of para-hydroxylation sites is 1. The molecule has 2 heterocycles. The molecule has 0 radical (unpaired) electrons. The summed E-state index contributed by atoms with van der Waals surface area (Å²) in [6.07, 6.45) is 5.44. The molecule has 0 aliphatic carbocycles. The van der Waals surface area contributed by atoms with E-state index in [2.05, 4.69) is 42.5 Å². The van der Waals surface area contributed by atoms with Gasteiger partial charge < -0.3 is 4.98 Å². The highest BCUT2D eigenvalue weighted by Gasteiger charge is 1.99. The average molecular weight is 315 g/mol. The zero-order valence-corrected chi connectivity index (χ0v) is 11.6. The number of fused-ring (bicyclic) bond motifs is 1. The molecule has 0 saturated heterocycles. The van der Waals surface area contributed by atoms with Gasteiger partial charge >= 0.3 is 0 Å². The van der Waals surface area contributed by atoms with Gasteiger partial charge in [-0.25, -0.2) is 4.98 Å². The molecule has 1 aromatic carbocycles. The van der Waals surface area contributed by atoms with E-state index in [1.165, 1.54) is 0 Å². The topological polar surface area (TPSA) is 53.1 Å². The predicted octanol–water partition coefficient (Wildman–Crippen LogP) is 3.77. The van der Waals surface area contributed by atoms with E-state index in [-0.39, 0.29) is 0 Å². The quantitative estimate of drug-likeness (QED) is 0.571. The second kappa shape index (κ2) is 5.24. The van der Waals surface area contributed by atoms with E-state index < -0.39 is 0 Å². The van der Waals surface area contributed by atoms with Crippen molar-refractivity contribution in [2.75, 3.05) is 5.43 Å². The third-order valence-corrected chi connectivity index (χ3v) is 3.20. The van der Waals surface area contributed by atoms with Gasteiger partial charge in [0, 0.05) is 33.3 Å². The summed E-state index contributed by atoms with van der Waals surface area (Å²) in [5.74, 6) is 0.708. The lowest BCUT2D eigenvalue weighted by Gasteiger charge is -1.98. The first-order valence-corrected chi connectivity index (χ1v) is 6.59. The van der Waals surface area contributed by atoms with Gasteiger partial charge in [0.05, 0.1) is 6.21 Å². The number of hydrogen-bond acceptors (Lipinski definition) is 3. The average Bonchev–Trinajstić information content (AvgIpc) is 2.85. The number of aromatic amines is 1. The number of benzene rings is 1. The number of hydrogen-bond donors (Lipinski definition) is 2. The Morgan fingerprint density at radius 2 is 2.11 bits per heavy atom. The van der Waals surface area contributed by atoms with Crippen molar-refractivity contribution in [3.63, 3.8) is 0 Å². The number of H-pyrrole nitrogens is 1. The number of anilines is 1. The Labute approximate surface area is 118 Å². The lowest BCUT2D eigenvalue weighted by Crippen LogP contribution is -1.92. The number of hydrazone groups is 1. The van der Waals surface area contributed by atoms with Crippen LogP contribution in [0.3, 0.4) is 0 Å². The summed E-state index contributed by atoms with van der Waals surface area (Å²) in [6.45, 7) is 0. The first-order valence-electron chi connectivity index (χ1n) is 5.80. The van der Waals surface area contributed by atoms with Crippen molar-refractivity contribution in [3.8, 4) is 0 Å². The Morgan fingerprint density at radius 1 is 1.21 bits per heavy atom. The number of halogens is 1. The van der Waals surface area contributed by atoms with E-state index in [0.29, 0.717) is 5.82 Å². The van der Waals surface area contributed by atoms with Crippen molar-refractivity contribution in [1.29, 1.82) is 0 Å². The monoisotopic (exact) mass is 314 g/mol. The first-order chi connectivity index (χ1) is 9.33. The second-order valence-electron chi connectivity index (χ2n) is 4.02. The van der Waals surface area contributed by atoms with Crippen molar-refractivity contribution in [3.05, 3.63) is 58.8 Å². The molecule has 3 rings (SSSR count). The largest absolute Gasteiger partial charge is 0.361 e. The van der Waals surface area contributed by atoms with Crippen LogP contribution in [-0.2, 0) is 0 Å². The van der Waals surface area contributed by atoms with Crippen LogP contribution >= 0.6 is 15.9 Å². The number of aromatic nitrogens is 2. The molecule has 5 heteroatoms. The van der Waals surface area contributed by atoms with Gasteiger partial charge in [-0.2, -0.15) is 5.10 Å². The molecule has 2 N–H and O–H groups in total. The number of nitrogens with zero attached hydrogens (tertiary/aromatic N) is 2. The summed E-state index contributed by atoms with van der Waals surface area (Å²) < 4.78 is 0.943. The zero-order chi connectivity index (χ0) is 13.1. The minimum absolute atomic E-state index is 0.708. The number of rotatable bonds is 3. The van der Waals surface area contributed by atoms with E-state index in [1.54, 1.807) is 12.4 Å². The zero-order valence-electron chi connectivity index (χ0n) is 9.97. The smallest absolute Gasteiger partial charge is 0.146 e. The molecule has 0 fully saturated rings. The standard InChI is InChI=1S/C14H11BrN4/c15-11-5-6-14(17-9-11)19-18-8-10-7-16-13-4-2-1-3-12(10)13/h1-9,16H,(H,17,19)/b18-8+. The Bertz CT molecular complexity index is 716. The third kappa shape index (κ3) is 2.66. The normalized spacial score (nSPS) is 11.2. The van der Waals surface area contributed by atoms with Gasteiger partial charge in [-0.1, -0.05) is 18.2 Å². The van der Waals surface area contributed by atoms with Crippen LogP contribution in [0, 0.1) is 0 Å². The third-order valence-electron chi connectivity index (χ3n) is 2.73. The van der Waals surface area contributed by atoms with Crippen molar-refractivity contribution >= 4 is 38.9 Å². The number of pyridine rings is 1. The molecule has 0 unspecified atom stereocenters. The lowest BCUT2D eigenvalue weighted by atomic mass is 10.2. The van der Waals surface area contributed by atoms with Crippen LogP contribution < -0.4 is 5.43 Å². The molecule has 0 aliphatic rings. The fourth-order valence-corrected chi connectivity index (χ4v) is 2.05. The van der Waals surface area contributed by atoms with E-state index in [1.807, 2.05) is 36.5 Å². The van der Waals surface area contributed by atoms with Crippen LogP contribution in [0.2, 0.25) is 0 Å². The second-order valence-corrected chi connectivity index (χ2v) is 4.94. The van der Waals surface area contributed by atoms with Gasteiger partial charge in [0.25, 0.3) is 0 Å². The molecule has 0 bridgehead atoms. The summed E-state index contributed by atoms with van der Waals surface area (Å²) in [6, 6.07) is 11.9. The van der Waals surface area contributed by atoms with Gasteiger partial charge in [-0.3, -0.25) is 5.43 Å². The Balaban J connectivity index is 1.77. The summed E-state index contributed by atoms with van der Waals surface area (Å²) >= 11 is 3.34. The minimum Gasteiger partial charge on any atom is -0.361 e. The maximum Gasteiger partial charge on any atom is 0.146 e. The van der Waals surface area contributed by atoms with Gasteiger partial charge in [0.2, 0.25) is 0 Å². The molecule has 3 aromatic rings. The summed E-state index contributed by atoms with van der Waals surface area (Å²) in [5.41, 5.74) is 5.04. The van der Waals surface area contributed by atoms with Crippen molar-refractivity contribution < 1.29 is 0 Å². The van der Waals surface area contributed by atoms with Gasteiger partial charge in [0.15, 0.2) is 0 Å². The molecule has 0 spiro atoms. The fourth-order valence-electron chi connectivity index (χ4n) is 1.81. The van der Waals surface area contributed by atoms with Crippen LogP contribution in [0.1, 0.15) is 5.56 Å². The molecular weight excluding hydrogens is 304 g/mol. The van der Waals surface area contributed by atoms with Crippen molar-refractivity contribution in [2.24, 2.45) is 5.10 Å². The minimum atomic E-state index is 0.708. The Hall–Kier alpha value is -2.14. The molecule has 94 valence electrons. The van der Waals surface area contributed by atoms with E-state index in [9.17, 15) is 0 Å². The van der Waals surface area contributed by atoms with Crippen LogP contribution in [0.4, 0.5) is 5.82 Å². The maximum absolute atomic E-state index is 4.19. The summed E-state index contributed by atoms with van der Waals surface area (Å²) in [7, 11) is 0. The highest BCUT2D eigenvalue weighted by Crippen LogP contribution is 2.16. The van der Waals surface area contributed by atoms with Crippen LogP contribution in [0.5, 0.6) is 0 Å². The van der Waals surface area contributed by atoms with Crippen LogP contribution in [0.25, 0.3) is 10.9 Å². The van der Waals surface area contributed by atoms with E-state index in [4.69, 9.17) is 0 Å². The summed E-state index contributed by atoms with van der Waals surface area (Å²) in [4.78, 5) is 7.38. The first kappa shape index (κ1) is 11.9. The maximum atomic E-state index is 4.19. The van der Waals surface area contributed by atoms with Gasteiger partial charge in [0.1, 0.15) is 5.82 Å². The molecule has 19 heavy (non-hydrogen) atoms. The van der Waals surface area contributed by atoms with Gasteiger partial charge in [-0.05, 0) is 34.1 Å². The van der Waals surface area contributed by atoms with Crippen molar-refractivity contribution in [2.45, 2.75) is 0 Å². The molecule has 4 nitrogen and oxygen atoms in total. The van der Waals surface area contributed by atoms with Gasteiger partial charge in [-0.15, -0.1) is 0 Å². The van der Waals surface area contributed by atoms with E-state index >= 15 is 0 Å². The molecule has 0 aliphatic heterocycles. The highest BCUT2D eigenvalue weighted by molar-refractivity contribution is 9.10. The summed E-state index contributed by atoms with van der Waals surface area (Å²) in [5, 5.41) is 5.34. The van der Waals surface area contributed by atoms with Crippen LogP contribution in [0.15, 0.2) is 58.4 Å². The SMILES string of the molecule is Brc1ccc(N/N=C/c2c[nH]c3ccccc23)nc1. The van der Waals surface area contributed by atoms with E-state index in [0.717, 1.165) is 20.9 Å². The fraction of sp³-hybridized carbons (Fsp3) is 0. The number of nitrogens with one attached hydrogen (secondary N) is 2. The Kier molecular flexibility index (Phi) is 3.29. The highest BCUT2D eigenvalue weighted by atomic mass is 79.9. The molecule has 0 saturated carbocycles. The Morgan fingerprint density at radius 3 is 2.95 bits per heavy atom.